The van der Waals surface area contributed by atoms with Crippen molar-refractivity contribution in [3.63, 3.8) is 0 Å². The van der Waals surface area contributed by atoms with Gasteiger partial charge in [0, 0.05) is 55.0 Å². The Morgan fingerprint density at radius 1 is 0.973 bits per heavy atom. The maximum absolute atomic E-state index is 13.4. The first-order chi connectivity index (χ1) is 17.6. The molecule has 0 radical (unpaired) electrons. The SMILES string of the molecule is O=C1/C(=C/c2ccc([N+](=O)[O-])cc2)CN(C(=S)N[P+]2([O-])NCCCO2)C/C1=C\c1ccc([N+](=O)[O-])cc1. The van der Waals surface area contributed by atoms with Crippen LogP contribution in [0.1, 0.15) is 17.5 Å². The third kappa shape index (κ3) is 6.59. The number of hydrogen-bond acceptors (Lipinski definition) is 9. The average molecular weight is 543 g/mol. The molecule has 2 aliphatic rings. The number of carbonyl (C=O) groups is 1. The number of nitro benzene ring substituents is 2. The predicted molar refractivity (Wildman–Crippen MR) is 140 cm³/mol. The van der Waals surface area contributed by atoms with Gasteiger partial charge in [0.1, 0.15) is 0 Å². The molecule has 2 aliphatic heterocycles. The first kappa shape index (κ1) is 26.5. The zero-order valence-corrected chi connectivity index (χ0v) is 21.1. The zero-order valence-electron chi connectivity index (χ0n) is 19.4. The fourth-order valence-corrected chi connectivity index (χ4v) is 5.73. The van der Waals surface area contributed by atoms with Gasteiger partial charge < -0.3 is 9.79 Å². The molecule has 2 fully saturated rings. The van der Waals surface area contributed by atoms with Crippen molar-refractivity contribution in [3.8, 4) is 0 Å². The van der Waals surface area contributed by atoms with E-state index in [0.717, 1.165) is 0 Å². The fraction of sp³-hybridized carbons (Fsp3) is 0.217. The summed E-state index contributed by atoms with van der Waals surface area (Å²) in [5, 5.41) is 27.6. The monoisotopic (exact) mass is 543 g/mol. The molecule has 4 rings (SSSR count). The van der Waals surface area contributed by atoms with Crippen LogP contribution in [0.3, 0.4) is 0 Å². The summed E-state index contributed by atoms with van der Waals surface area (Å²) in [4.78, 5) is 48.8. The maximum atomic E-state index is 13.4. The summed E-state index contributed by atoms with van der Waals surface area (Å²) in [6.45, 7) is 1.01. The van der Waals surface area contributed by atoms with Crippen molar-refractivity contribution in [2.75, 3.05) is 26.2 Å². The van der Waals surface area contributed by atoms with Gasteiger partial charge in [0.25, 0.3) is 19.4 Å². The molecule has 1 unspecified atom stereocenters. The number of nitrogens with one attached hydrogen (secondary N) is 2. The number of likely N-dealkylation sites (tertiary alicyclic amines) is 1. The Balaban J connectivity index is 1.64. The second-order valence-corrected chi connectivity index (χ2v) is 10.6. The van der Waals surface area contributed by atoms with E-state index < -0.39 is 17.9 Å². The summed E-state index contributed by atoms with van der Waals surface area (Å²) in [6, 6.07) is 11.5. The third-order valence-corrected chi connectivity index (χ3v) is 7.84. The van der Waals surface area contributed by atoms with Crippen LogP contribution >= 0.6 is 20.2 Å². The number of piperidine rings is 1. The highest BCUT2D eigenvalue weighted by molar-refractivity contribution is 7.81. The van der Waals surface area contributed by atoms with E-state index in [4.69, 9.17) is 16.7 Å². The van der Waals surface area contributed by atoms with Gasteiger partial charge in [-0.3, -0.25) is 25.0 Å². The molecule has 0 amide bonds. The molecule has 0 bridgehead atoms. The topological polar surface area (TPSA) is 163 Å². The summed E-state index contributed by atoms with van der Waals surface area (Å²) in [5.74, 6) is -0.269. The Morgan fingerprint density at radius 3 is 1.86 bits per heavy atom. The lowest BCUT2D eigenvalue weighted by Gasteiger charge is -2.37. The first-order valence-electron chi connectivity index (χ1n) is 11.2. The van der Waals surface area contributed by atoms with E-state index in [9.17, 15) is 29.9 Å². The van der Waals surface area contributed by atoms with Crippen molar-refractivity contribution in [2.24, 2.45) is 0 Å². The van der Waals surface area contributed by atoms with Crippen LogP contribution in [-0.4, -0.2) is 51.9 Å². The number of hydrogen-bond donors (Lipinski definition) is 2. The van der Waals surface area contributed by atoms with Gasteiger partial charge in [-0.15, -0.1) is 0 Å². The number of Topliss-reactive ketones (excluding diaryl/α,β-unsaturated/α-hetero) is 1. The van der Waals surface area contributed by atoms with Gasteiger partial charge in [0.05, 0.1) is 16.5 Å². The van der Waals surface area contributed by atoms with Crippen LogP contribution in [0.5, 0.6) is 0 Å². The highest BCUT2D eigenvalue weighted by atomic mass is 32.1. The highest BCUT2D eigenvalue weighted by Gasteiger charge is 2.36. The van der Waals surface area contributed by atoms with Gasteiger partial charge in [0.15, 0.2) is 5.78 Å². The van der Waals surface area contributed by atoms with E-state index in [1.165, 1.54) is 48.5 Å². The lowest BCUT2D eigenvalue weighted by Crippen LogP contribution is -2.51. The van der Waals surface area contributed by atoms with E-state index in [2.05, 4.69) is 10.2 Å². The standard InChI is InChI=1S/C23H22N5O7PS/c29-22-18(12-16-2-6-20(7-3-16)27(30)31)14-26(23(37)25-36(34)24-10-1-11-35-36)15-19(22)13-17-4-8-21(9-5-17)28(32)33/h2-9,12-13H,1,10-11,14-15H2,(H2,24,25,34,37)/b18-12+,19-13+. The van der Waals surface area contributed by atoms with Crippen LogP contribution < -0.4 is 15.1 Å². The molecule has 1 atom stereocenters. The van der Waals surface area contributed by atoms with Crippen LogP contribution in [0, 0.1) is 20.2 Å². The van der Waals surface area contributed by atoms with Crippen molar-refractivity contribution >= 4 is 54.7 Å². The molecule has 37 heavy (non-hydrogen) atoms. The minimum Gasteiger partial charge on any atom is -0.622 e. The quantitative estimate of drug-likeness (QED) is 0.187. The maximum Gasteiger partial charge on any atom is 0.272 e. The van der Waals surface area contributed by atoms with Crippen LogP contribution in [-0.2, 0) is 9.32 Å². The van der Waals surface area contributed by atoms with Gasteiger partial charge in [-0.1, -0.05) is 0 Å². The molecule has 2 N–H and O–H groups in total. The van der Waals surface area contributed by atoms with Crippen LogP contribution in [0.15, 0.2) is 59.7 Å². The molecule has 192 valence electrons. The summed E-state index contributed by atoms with van der Waals surface area (Å²) in [5.41, 5.74) is 1.71. The van der Waals surface area contributed by atoms with E-state index in [1.807, 2.05) is 0 Å². The minimum atomic E-state index is -3.39. The van der Waals surface area contributed by atoms with Crippen molar-refractivity contribution in [1.82, 2.24) is 15.1 Å². The van der Waals surface area contributed by atoms with Crippen LogP contribution in [0.4, 0.5) is 11.4 Å². The van der Waals surface area contributed by atoms with Gasteiger partial charge >= 0.3 is 0 Å². The van der Waals surface area contributed by atoms with Crippen molar-refractivity contribution < 1.29 is 24.1 Å². The zero-order chi connectivity index (χ0) is 26.6. The number of thiocarbonyl (C=S) groups is 1. The molecule has 2 saturated heterocycles. The number of carbonyl (C=O) groups excluding carboxylic acids is 1. The summed E-state index contributed by atoms with van der Waals surface area (Å²) >= 11 is 5.50. The van der Waals surface area contributed by atoms with Gasteiger partial charge in [-0.2, -0.15) is 14.7 Å². The van der Waals surface area contributed by atoms with Crippen molar-refractivity contribution in [3.05, 3.63) is 91.0 Å². The molecule has 0 spiro atoms. The number of non-ortho nitro benzene ring substituents is 2. The molecule has 2 aromatic carbocycles. The predicted octanol–water partition coefficient (Wildman–Crippen LogP) is 2.78. The van der Waals surface area contributed by atoms with Crippen molar-refractivity contribution in [1.29, 1.82) is 0 Å². The average Bonchev–Trinajstić information content (AvgIpc) is 2.87. The molecule has 12 nitrogen and oxygen atoms in total. The molecule has 0 saturated carbocycles. The van der Waals surface area contributed by atoms with E-state index in [0.29, 0.717) is 41.8 Å². The van der Waals surface area contributed by atoms with Gasteiger partial charge in [-0.05, 0) is 66.2 Å². The third-order valence-electron chi connectivity index (χ3n) is 5.64. The van der Waals surface area contributed by atoms with Crippen molar-refractivity contribution in [2.45, 2.75) is 6.42 Å². The largest absolute Gasteiger partial charge is 0.622 e. The van der Waals surface area contributed by atoms with E-state index in [1.54, 1.807) is 17.1 Å². The van der Waals surface area contributed by atoms with E-state index in [-0.39, 0.29) is 35.4 Å². The number of ketones is 1. The number of nitro groups is 2. The van der Waals surface area contributed by atoms with Crippen LogP contribution in [0.2, 0.25) is 0 Å². The molecular weight excluding hydrogens is 521 g/mol. The summed E-state index contributed by atoms with van der Waals surface area (Å²) in [6.07, 6.45) is 3.94. The Morgan fingerprint density at radius 2 is 1.46 bits per heavy atom. The van der Waals surface area contributed by atoms with Crippen LogP contribution in [0.25, 0.3) is 12.2 Å². The second-order valence-electron chi connectivity index (χ2n) is 8.28. The summed E-state index contributed by atoms with van der Waals surface area (Å²) < 4.78 is 5.37. The molecular formula is C23H22N5O7PS. The molecule has 14 heteroatoms. The minimum absolute atomic E-state index is 0.0763. The van der Waals surface area contributed by atoms with E-state index >= 15 is 0 Å². The Hall–Kier alpha value is -3.61. The number of nitrogens with zero attached hydrogens (tertiary/aromatic N) is 3. The molecule has 2 aromatic rings. The summed E-state index contributed by atoms with van der Waals surface area (Å²) in [7, 11) is -3.39. The Kier molecular flexibility index (Phi) is 8.00. The lowest BCUT2D eigenvalue weighted by atomic mass is 9.94. The number of benzene rings is 2. The highest BCUT2D eigenvalue weighted by Crippen LogP contribution is 2.44. The molecule has 2 heterocycles. The Bertz CT molecular complexity index is 1210. The Labute approximate surface area is 217 Å². The fourth-order valence-electron chi connectivity index (χ4n) is 3.78. The lowest BCUT2D eigenvalue weighted by molar-refractivity contribution is -0.385. The molecule has 0 aliphatic carbocycles. The normalized spacial score (nSPS) is 22.2. The molecule has 0 aromatic heterocycles. The van der Waals surface area contributed by atoms with Gasteiger partial charge in [0.2, 0.25) is 5.11 Å². The smallest absolute Gasteiger partial charge is 0.272 e. The van der Waals surface area contributed by atoms with Gasteiger partial charge in [-0.25, -0.2) is 0 Å². The first-order valence-corrected chi connectivity index (χ1v) is 13.2. The second kappa shape index (κ2) is 11.2. The number of rotatable bonds is 5.